The highest BCUT2D eigenvalue weighted by atomic mass is 32.2. The number of hydrogen-bond donors (Lipinski definition) is 1. The van der Waals surface area contributed by atoms with E-state index in [1.54, 1.807) is 0 Å². The molecule has 0 spiro atoms. The standard InChI is InChI=1S/C14H27NOS/c1-12(14-8-5-10-16-14)15-9-11-17-13-6-3-2-4-7-13/h12-15H,2-11H2,1H3. The van der Waals surface area contributed by atoms with E-state index in [0.717, 1.165) is 18.4 Å². The SMILES string of the molecule is CC(NCCSC1CCCCC1)C1CCCO1. The fourth-order valence-electron chi connectivity index (χ4n) is 2.87. The number of rotatable bonds is 6. The quantitative estimate of drug-likeness (QED) is 0.738. The molecule has 1 saturated carbocycles. The van der Waals surface area contributed by atoms with E-state index in [0.29, 0.717) is 12.1 Å². The second kappa shape index (κ2) is 7.65. The average molecular weight is 257 g/mol. The van der Waals surface area contributed by atoms with Crippen LogP contribution in [0.15, 0.2) is 0 Å². The Hall–Kier alpha value is 0.270. The highest BCUT2D eigenvalue weighted by Gasteiger charge is 2.21. The van der Waals surface area contributed by atoms with Gasteiger partial charge in [0.15, 0.2) is 0 Å². The molecule has 2 aliphatic rings. The lowest BCUT2D eigenvalue weighted by molar-refractivity contribution is 0.0844. The molecule has 1 heterocycles. The van der Waals surface area contributed by atoms with Gasteiger partial charge in [-0.3, -0.25) is 0 Å². The van der Waals surface area contributed by atoms with Gasteiger partial charge < -0.3 is 10.1 Å². The van der Waals surface area contributed by atoms with Gasteiger partial charge in [0.1, 0.15) is 0 Å². The molecule has 0 bridgehead atoms. The smallest absolute Gasteiger partial charge is 0.0726 e. The number of thioether (sulfide) groups is 1. The topological polar surface area (TPSA) is 21.3 Å². The highest BCUT2D eigenvalue weighted by molar-refractivity contribution is 7.99. The summed E-state index contributed by atoms with van der Waals surface area (Å²) in [6.45, 7) is 4.37. The monoisotopic (exact) mass is 257 g/mol. The second-order valence-corrected chi connectivity index (χ2v) is 6.83. The minimum atomic E-state index is 0.467. The van der Waals surface area contributed by atoms with Crippen molar-refractivity contribution >= 4 is 11.8 Å². The van der Waals surface area contributed by atoms with Gasteiger partial charge in [-0.05, 0) is 32.6 Å². The van der Waals surface area contributed by atoms with E-state index in [-0.39, 0.29) is 0 Å². The molecule has 0 radical (unpaired) electrons. The third-order valence-electron chi connectivity index (χ3n) is 4.00. The van der Waals surface area contributed by atoms with Gasteiger partial charge in [-0.25, -0.2) is 0 Å². The number of nitrogens with one attached hydrogen (secondary N) is 1. The first-order valence-electron chi connectivity index (χ1n) is 7.33. The molecule has 1 aliphatic carbocycles. The summed E-state index contributed by atoms with van der Waals surface area (Å²) >= 11 is 2.18. The molecule has 1 aliphatic heterocycles. The summed E-state index contributed by atoms with van der Waals surface area (Å²) in [6, 6.07) is 0.532. The van der Waals surface area contributed by atoms with E-state index in [1.165, 1.54) is 50.7 Å². The first-order valence-corrected chi connectivity index (χ1v) is 8.38. The minimum Gasteiger partial charge on any atom is -0.377 e. The zero-order valence-corrected chi connectivity index (χ0v) is 11.9. The van der Waals surface area contributed by atoms with E-state index >= 15 is 0 Å². The van der Waals surface area contributed by atoms with Gasteiger partial charge in [-0.1, -0.05) is 19.3 Å². The van der Waals surface area contributed by atoms with Crippen molar-refractivity contribution in [2.24, 2.45) is 0 Å². The van der Waals surface area contributed by atoms with Crippen LogP contribution in [-0.4, -0.2) is 36.3 Å². The number of hydrogen-bond acceptors (Lipinski definition) is 3. The minimum absolute atomic E-state index is 0.467. The Morgan fingerprint density at radius 2 is 2.00 bits per heavy atom. The molecule has 0 aromatic heterocycles. The summed E-state index contributed by atoms with van der Waals surface area (Å²) in [5.74, 6) is 1.27. The summed E-state index contributed by atoms with van der Waals surface area (Å²) < 4.78 is 5.69. The van der Waals surface area contributed by atoms with Gasteiger partial charge in [-0.2, -0.15) is 11.8 Å². The van der Waals surface area contributed by atoms with Crippen molar-refractivity contribution in [3.8, 4) is 0 Å². The van der Waals surface area contributed by atoms with Crippen LogP contribution >= 0.6 is 11.8 Å². The summed E-state index contributed by atoms with van der Waals surface area (Å²) in [4.78, 5) is 0. The molecule has 0 amide bonds. The Morgan fingerprint density at radius 3 is 2.71 bits per heavy atom. The molecule has 2 unspecified atom stereocenters. The molecule has 1 saturated heterocycles. The predicted molar refractivity (Wildman–Crippen MR) is 75.8 cm³/mol. The van der Waals surface area contributed by atoms with Gasteiger partial charge in [0.2, 0.25) is 0 Å². The van der Waals surface area contributed by atoms with E-state index in [4.69, 9.17) is 4.74 Å². The van der Waals surface area contributed by atoms with Crippen LogP contribution in [0.25, 0.3) is 0 Å². The Bertz CT molecular complexity index is 200. The number of ether oxygens (including phenoxy) is 1. The molecule has 3 heteroatoms. The predicted octanol–water partition coefficient (Wildman–Crippen LogP) is 3.21. The highest BCUT2D eigenvalue weighted by Crippen LogP contribution is 2.27. The van der Waals surface area contributed by atoms with Crippen molar-refractivity contribution < 1.29 is 4.74 Å². The third kappa shape index (κ3) is 4.80. The zero-order chi connectivity index (χ0) is 11.9. The van der Waals surface area contributed by atoms with Crippen molar-refractivity contribution in [3.05, 3.63) is 0 Å². The van der Waals surface area contributed by atoms with Crippen molar-refractivity contribution in [1.82, 2.24) is 5.32 Å². The van der Waals surface area contributed by atoms with E-state index in [2.05, 4.69) is 24.0 Å². The van der Waals surface area contributed by atoms with Crippen LogP contribution in [0.2, 0.25) is 0 Å². The lowest BCUT2D eigenvalue weighted by atomic mass is 10.0. The fourth-order valence-corrected chi connectivity index (χ4v) is 4.11. The maximum atomic E-state index is 5.69. The van der Waals surface area contributed by atoms with Crippen LogP contribution in [-0.2, 0) is 4.74 Å². The zero-order valence-electron chi connectivity index (χ0n) is 11.1. The molecule has 0 aromatic rings. The van der Waals surface area contributed by atoms with Crippen LogP contribution in [0.4, 0.5) is 0 Å². The van der Waals surface area contributed by atoms with Crippen LogP contribution in [0.3, 0.4) is 0 Å². The summed E-state index contributed by atoms with van der Waals surface area (Å²) in [6.07, 6.45) is 10.2. The van der Waals surface area contributed by atoms with Gasteiger partial charge in [0.05, 0.1) is 6.10 Å². The molecule has 2 rings (SSSR count). The Labute approximate surface area is 110 Å². The van der Waals surface area contributed by atoms with Gasteiger partial charge in [0.25, 0.3) is 0 Å². The maximum Gasteiger partial charge on any atom is 0.0726 e. The van der Waals surface area contributed by atoms with Crippen molar-refractivity contribution in [2.75, 3.05) is 18.9 Å². The van der Waals surface area contributed by atoms with Crippen LogP contribution in [0.5, 0.6) is 0 Å². The van der Waals surface area contributed by atoms with Crippen molar-refractivity contribution in [2.45, 2.75) is 69.3 Å². The molecule has 2 nitrogen and oxygen atoms in total. The Kier molecular flexibility index (Phi) is 6.16. The molecular weight excluding hydrogens is 230 g/mol. The Balaban J connectivity index is 1.50. The Morgan fingerprint density at radius 1 is 1.18 bits per heavy atom. The molecule has 17 heavy (non-hydrogen) atoms. The maximum absolute atomic E-state index is 5.69. The largest absolute Gasteiger partial charge is 0.377 e. The molecule has 100 valence electrons. The fraction of sp³-hybridized carbons (Fsp3) is 1.00. The summed E-state index contributed by atoms with van der Waals surface area (Å²) in [5, 5.41) is 4.57. The normalized spacial score (nSPS) is 28.4. The first kappa shape index (κ1) is 13.7. The molecule has 2 atom stereocenters. The summed E-state index contributed by atoms with van der Waals surface area (Å²) in [7, 11) is 0. The van der Waals surface area contributed by atoms with Crippen molar-refractivity contribution in [3.63, 3.8) is 0 Å². The average Bonchev–Trinajstić information content (AvgIpc) is 2.89. The van der Waals surface area contributed by atoms with Gasteiger partial charge in [0, 0.05) is 30.2 Å². The van der Waals surface area contributed by atoms with Crippen LogP contribution in [0.1, 0.15) is 51.9 Å². The van der Waals surface area contributed by atoms with Gasteiger partial charge in [-0.15, -0.1) is 0 Å². The van der Waals surface area contributed by atoms with Crippen molar-refractivity contribution in [1.29, 1.82) is 0 Å². The third-order valence-corrected chi connectivity index (χ3v) is 5.38. The van der Waals surface area contributed by atoms with E-state index in [1.807, 2.05) is 0 Å². The lowest BCUT2D eigenvalue weighted by Gasteiger charge is -2.23. The first-order chi connectivity index (χ1) is 8.36. The molecule has 1 N–H and O–H groups in total. The van der Waals surface area contributed by atoms with Crippen LogP contribution < -0.4 is 5.32 Å². The van der Waals surface area contributed by atoms with E-state index in [9.17, 15) is 0 Å². The van der Waals surface area contributed by atoms with Gasteiger partial charge >= 0.3 is 0 Å². The molecule has 0 aromatic carbocycles. The van der Waals surface area contributed by atoms with Crippen LogP contribution in [0, 0.1) is 0 Å². The van der Waals surface area contributed by atoms with E-state index < -0.39 is 0 Å². The second-order valence-electron chi connectivity index (χ2n) is 5.43. The molecular formula is C14H27NOS. The lowest BCUT2D eigenvalue weighted by Crippen LogP contribution is -2.38. The molecule has 2 fully saturated rings. The summed E-state index contributed by atoms with van der Waals surface area (Å²) in [5.41, 5.74) is 0.